The largest absolute Gasteiger partial charge is 0.490 e. The van der Waals surface area contributed by atoms with Crippen LogP contribution in [0.15, 0.2) is 47.6 Å². The maximum atomic E-state index is 12.2. The van der Waals surface area contributed by atoms with E-state index < -0.39 is 17.5 Å². The monoisotopic (exact) mass is 418 g/mol. The Morgan fingerprint density at radius 3 is 2.53 bits per heavy atom. The minimum atomic E-state index is -1.50. The first-order chi connectivity index (χ1) is 14.1. The first kappa shape index (κ1) is 25.2. The Balaban J connectivity index is 2.57. The molecule has 30 heavy (non-hydrogen) atoms. The van der Waals surface area contributed by atoms with Crippen LogP contribution in [0.25, 0.3) is 0 Å². The molecule has 0 heterocycles. The van der Waals surface area contributed by atoms with E-state index in [2.05, 4.69) is 43.0 Å². The highest BCUT2D eigenvalue weighted by Gasteiger charge is 2.38. The highest BCUT2D eigenvalue weighted by molar-refractivity contribution is 5.85. The summed E-state index contributed by atoms with van der Waals surface area (Å²) in [5.41, 5.74) is 1.89. The predicted molar refractivity (Wildman–Crippen MR) is 116 cm³/mol. The van der Waals surface area contributed by atoms with Gasteiger partial charge < -0.3 is 14.8 Å². The zero-order valence-corrected chi connectivity index (χ0v) is 18.8. The lowest BCUT2D eigenvalue weighted by Crippen LogP contribution is -2.54. The molecule has 0 unspecified atom stereocenters. The van der Waals surface area contributed by atoms with Crippen molar-refractivity contribution in [1.82, 2.24) is 10.4 Å². The summed E-state index contributed by atoms with van der Waals surface area (Å²) in [6, 6.07) is 6.53. The number of amides is 2. The highest BCUT2D eigenvalue weighted by atomic mass is 16.6. The van der Waals surface area contributed by atoms with Crippen LogP contribution in [-0.2, 0) is 16.1 Å². The van der Waals surface area contributed by atoms with Crippen LogP contribution in [0.5, 0.6) is 5.75 Å². The number of carbonyl (C=O) groups excluding carboxylic acids is 2. The van der Waals surface area contributed by atoms with Gasteiger partial charge in [-0.3, -0.25) is 5.21 Å². The highest BCUT2D eigenvalue weighted by Crippen LogP contribution is 2.16. The van der Waals surface area contributed by atoms with E-state index in [1.807, 2.05) is 24.3 Å². The summed E-state index contributed by atoms with van der Waals surface area (Å²) in [4.78, 5) is 23.9. The molecule has 0 aliphatic carbocycles. The third-order valence-electron chi connectivity index (χ3n) is 4.52. The number of carbonyl (C=O) groups is 2. The van der Waals surface area contributed by atoms with Crippen LogP contribution < -0.4 is 10.1 Å². The van der Waals surface area contributed by atoms with Crippen molar-refractivity contribution in [2.75, 3.05) is 13.7 Å². The average Bonchev–Trinajstić information content (AvgIpc) is 2.70. The lowest BCUT2D eigenvalue weighted by molar-refractivity contribution is -0.174. The molecule has 0 aromatic heterocycles. The first-order valence-electron chi connectivity index (χ1n) is 9.94. The zero-order chi connectivity index (χ0) is 22.7. The van der Waals surface area contributed by atoms with E-state index in [1.165, 1.54) is 32.1 Å². The lowest BCUT2D eigenvalue weighted by atomic mass is 10.1. The minimum absolute atomic E-state index is 0.169. The summed E-state index contributed by atoms with van der Waals surface area (Å²) >= 11 is 0. The van der Waals surface area contributed by atoms with Crippen LogP contribution in [0.2, 0.25) is 0 Å². The van der Waals surface area contributed by atoms with Crippen LogP contribution in [0.3, 0.4) is 0 Å². The third kappa shape index (κ3) is 8.29. The van der Waals surface area contributed by atoms with Gasteiger partial charge in [-0.2, -0.15) is 5.06 Å². The van der Waals surface area contributed by atoms with Crippen molar-refractivity contribution in [3.8, 4) is 5.75 Å². The minimum Gasteiger partial charge on any atom is -0.490 e. The molecule has 1 aromatic carbocycles. The average molecular weight is 419 g/mol. The van der Waals surface area contributed by atoms with Gasteiger partial charge in [0, 0.05) is 6.54 Å². The van der Waals surface area contributed by atoms with Crippen molar-refractivity contribution < 1.29 is 24.3 Å². The number of rotatable bonds is 10. The molecule has 0 aliphatic rings. The molecule has 0 radical (unpaired) electrons. The molecule has 1 aromatic rings. The van der Waals surface area contributed by atoms with E-state index in [0.717, 1.165) is 18.4 Å². The van der Waals surface area contributed by atoms with Crippen molar-refractivity contribution in [1.29, 1.82) is 0 Å². The molecular weight excluding hydrogens is 384 g/mol. The summed E-state index contributed by atoms with van der Waals surface area (Å²) in [5, 5.41) is 12.9. The number of hydrogen-bond acceptors (Lipinski definition) is 5. The Bertz CT molecular complexity index is 780. The molecule has 0 bridgehead atoms. The topological polar surface area (TPSA) is 88.1 Å². The van der Waals surface area contributed by atoms with Crippen LogP contribution in [0, 0.1) is 0 Å². The summed E-state index contributed by atoms with van der Waals surface area (Å²) in [6.45, 7) is 9.69. The van der Waals surface area contributed by atoms with Crippen LogP contribution in [-0.4, -0.2) is 41.5 Å². The fourth-order valence-electron chi connectivity index (χ4n) is 2.56. The quantitative estimate of drug-likeness (QED) is 0.251. The molecular formula is C23H34N2O5. The van der Waals surface area contributed by atoms with Gasteiger partial charge in [0.2, 0.25) is 0 Å². The smallest absolute Gasteiger partial charge is 0.342 e. The fraction of sp³-hybridized carbons (Fsp3) is 0.478. The van der Waals surface area contributed by atoms with Crippen LogP contribution in [0.4, 0.5) is 4.79 Å². The van der Waals surface area contributed by atoms with Crippen molar-refractivity contribution in [3.63, 3.8) is 0 Å². The summed E-state index contributed by atoms with van der Waals surface area (Å²) in [7, 11) is 1.20. The molecule has 7 nitrogen and oxygen atoms in total. The normalized spacial score (nSPS) is 11.5. The van der Waals surface area contributed by atoms with Gasteiger partial charge in [-0.1, -0.05) is 29.4 Å². The Morgan fingerprint density at radius 2 is 1.90 bits per heavy atom. The second-order valence-electron chi connectivity index (χ2n) is 7.85. The standard InChI is InChI=1S/C23H34N2O5/c1-17(2)9-7-10-18(3)13-14-30-20-12-8-11-19(15-20)16-24-22(27)25(28)23(4,5)21(26)29-6/h8-9,11-13,15,28H,7,10,14,16H2,1-6H3,(H,24,27)/b18-13+. The SMILES string of the molecule is COC(=O)C(C)(C)N(O)C(=O)NCc1cccc(OC/C=C(\C)CCC=C(C)C)c1. The molecule has 0 aliphatic heterocycles. The van der Waals surface area contributed by atoms with E-state index in [9.17, 15) is 14.8 Å². The lowest BCUT2D eigenvalue weighted by Gasteiger charge is -2.30. The molecule has 0 saturated heterocycles. The number of esters is 1. The maximum Gasteiger partial charge on any atom is 0.342 e. The zero-order valence-electron chi connectivity index (χ0n) is 18.8. The number of nitrogens with one attached hydrogen (secondary N) is 1. The van der Waals surface area contributed by atoms with E-state index >= 15 is 0 Å². The summed E-state index contributed by atoms with van der Waals surface area (Å²) in [5.74, 6) is -0.0365. The molecule has 7 heteroatoms. The van der Waals surface area contributed by atoms with Gasteiger partial charge in [-0.05, 0) is 71.2 Å². The number of allylic oxidation sites excluding steroid dienone is 3. The van der Waals surface area contributed by atoms with Gasteiger partial charge in [-0.15, -0.1) is 0 Å². The Kier molecular flexibility index (Phi) is 10.1. The summed E-state index contributed by atoms with van der Waals surface area (Å²) in [6.07, 6.45) is 6.30. The van der Waals surface area contributed by atoms with Gasteiger partial charge in [-0.25, -0.2) is 9.59 Å². The third-order valence-corrected chi connectivity index (χ3v) is 4.52. The van der Waals surface area contributed by atoms with Crippen molar-refractivity contribution in [2.24, 2.45) is 0 Å². The number of urea groups is 1. The number of methoxy groups -OCH3 is 1. The van der Waals surface area contributed by atoms with Crippen molar-refractivity contribution in [3.05, 3.63) is 53.1 Å². The van der Waals surface area contributed by atoms with Crippen molar-refractivity contribution >= 4 is 12.0 Å². The molecule has 0 spiro atoms. The van der Waals surface area contributed by atoms with E-state index in [1.54, 1.807) is 0 Å². The van der Waals surface area contributed by atoms with E-state index in [4.69, 9.17) is 4.74 Å². The van der Waals surface area contributed by atoms with E-state index in [0.29, 0.717) is 17.4 Å². The maximum absolute atomic E-state index is 12.2. The number of ether oxygens (including phenoxy) is 2. The number of nitrogens with zero attached hydrogens (tertiary/aromatic N) is 1. The van der Waals surface area contributed by atoms with Crippen LogP contribution >= 0.6 is 0 Å². The predicted octanol–water partition coefficient (Wildman–Crippen LogP) is 4.61. The Hall–Kier alpha value is -2.80. The van der Waals surface area contributed by atoms with Gasteiger partial charge in [0.15, 0.2) is 5.54 Å². The van der Waals surface area contributed by atoms with Crippen molar-refractivity contribution in [2.45, 2.75) is 59.5 Å². The Labute approximate surface area is 179 Å². The van der Waals surface area contributed by atoms with Gasteiger partial charge in [0.1, 0.15) is 12.4 Å². The molecule has 0 fully saturated rings. The van der Waals surface area contributed by atoms with Gasteiger partial charge in [0.05, 0.1) is 7.11 Å². The van der Waals surface area contributed by atoms with E-state index in [-0.39, 0.29) is 6.54 Å². The fourth-order valence-corrected chi connectivity index (χ4v) is 2.56. The first-order valence-corrected chi connectivity index (χ1v) is 9.94. The van der Waals surface area contributed by atoms with Gasteiger partial charge >= 0.3 is 12.0 Å². The molecule has 2 N–H and O–H groups in total. The van der Waals surface area contributed by atoms with Crippen LogP contribution in [0.1, 0.15) is 53.0 Å². The second-order valence-corrected chi connectivity index (χ2v) is 7.85. The Morgan fingerprint density at radius 1 is 1.20 bits per heavy atom. The molecule has 166 valence electrons. The molecule has 1 rings (SSSR count). The number of benzene rings is 1. The second kappa shape index (κ2) is 12.0. The molecule has 0 atom stereocenters. The summed E-state index contributed by atoms with van der Waals surface area (Å²) < 4.78 is 10.4. The number of hydroxylamine groups is 2. The molecule has 2 amide bonds. The van der Waals surface area contributed by atoms with Gasteiger partial charge in [0.25, 0.3) is 0 Å². The number of hydrogen-bond donors (Lipinski definition) is 2. The molecule has 0 saturated carbocycles.